The summed E-state index contributed by atoms with van der Waals surface area (Å²) in [6.07, 6.45) is 6.64. The van der Waals surface area contributed by atoms with Gasteiger partial charge < -0.3 is 5.11 Å². The largest absolute Gasteiger partial charge is 0.393 e. The van der Waals surface area contributed by atoms with Gasteiger partial charge in [0.2, 0.25) is 0 Å². The molecule has 0 aliphatic carbocycles. The van der Waals surface area contributed by atoms with Crippen molar-refractivity contribution in [3.63, 3.8) is 0 Å². The van der Waals surface area contributed by atoms with E-state index in [9.17, 15) is 5.11 Å². The molecule has 0 spiro atoms. The highest BCUT2D eigenvalue weighted by molar-refractivity contribution is 7.99. The van der Waals surface area contributed by atoms with E-state index in [-0.39, 0.29) is 12.3 Å². The standard InChI is InChI=1S/C24H22N6OS/c31-19-8-11-29(12-9-19)23-20-13-18(16-5-2-1-3-6-16)15-26-22(20)32-24-27-21(28-30(23)24)17-7-4-10-25-14-17/h1-7,10,13-15,19,23,31H,8-9,11-12H2. The summed E-state index contributed by atoms with van der Waals surface area (Å²) in [6.45, 7) is 1.60. The summed E-state index contributed by atoms with van der Waals surface area (Å²) >= 11 is 1.55. The van der Waals surface area contributed by atoms with Gasteiger partial charge in [0.25, 0.3) is 0 Å². The van der Waals surface area contributed by atoms with Gasteiger partial charge in [-0.3, -0.25) is 9.88 Å². The molecule has 7 nitrogen and oxygen atoms in total. The maximum Gasteiger partial charge on any atom is 0.194 e. The van der Waals surface area contributed by atoms with Gasteiger partial charge in [0.1, 0.15) is 11.2 Å². The van der Waals surface area contributed by atoms with E-state index in [1.807, 2.05) is 41.2 Å². The van der Waals surface area contributed by atoms with E-state index in [2.05, 4.69) is 28.1 Å². The molecule has 0 radical (unpaired) electrons. The van der Waals surface area contributed by atoms with Crippen LogP contribution in [0.15, 0.2) is 77.3 Å². The predicted molar refractivity (Wildman–Crippen MR) is 122 cm³/mol. The van der Waals surface area contributed by atoms with Crippen LogP contribution in [-0.4, -0.2) is 53.9 Å². The smallest absolute Gasteiger partial charge is 0.194 e. The number of nitrogens with zero attached hydrogens (tertiary/aromatic N) is 6. The normalized spacial score (nSPS) is 18.8. The van der Waals surface area contributed by atoms with E-state index in [4.69, 9.17) is 15.1 Å². The number of aliphatic hydroxyl groups is 1. The van der Waals surface area contributed by atoms with Crippen LogP contribution < -0.4 is 0 Å². The van der Waals surface area contributed by atoms with Gasteiger partial charge in [-0.05, 0) is 48.4 Å². The van der Waals surface area contributed by atoms with Crippen molar-refractivity contribution in [2.75, 3.05) is 13.1 Å². The Kier molecular flexibility index (Phi) is 4.98. The second-order valence-corrected chi connectivity index (χ2v) is 9.09. The van der Waals surface area contributed by atoms with Gasteiger partial charge >= 0.3 is 0 Å². The Labute approximate surface area is 190 Å². The SMILES string of the molecule is OC1CCN(C2c3cc(-c4ccccc4)cnc3Sc3nc(-c4cccnc4)nn32)CC1. The Morgan fingerprint density at radius 1 is 0.938 bits per heavy atom. The molecule has 8 heteroatoms. The molecular formula is C24H22N6OS. The van der Waals surface area contributed by atoms with Gasteiger partial charge in [-0.1, -0.05) is 30.3 Å². The fourth-order valence-corrected chi connectivity index (χ4v) is 5.31. The molecule has 1 fully saturated rings. The first-order chi connectivity index (χ1) is 15.8. The summed E-state index contributed by atoms with van der Waals surface area (Å²) in [5, 5.41) is 16.8. The Balaban J connectivity index is 1.46. The minimum Gasteiger partial charge on any atom is -0.393 e. The summed E-state index contributed by atoms with van der Waals surface area (Å²) in [4.78, 5) is 16.3. The van der Waals surface area contributed by atoms with Gasteiger partial charge in [-0.15, -0.1) is 5.10 Å². The lowest BCUT2D eigenvalue weighted by molar-refractivity contribution is 0.0444. The van der Waals surface area contributed by atoms with Crippen molar-refractivity contribution in [2.24, 2.45) is 0 Å². The maximum atomic E-state index is 10.1. The number of pyridine rings is 2. The van der Waals surface area contributed by atoms with Gasteiger partial charge in [0.05, 0.1) is 6.10 Å². The molecule has 6 rings (SSSR count). The Morgan fingerprint density at radius 3 is 2.53 bits per heavy atom. The molecule has 2 aliphatic rings. The second kappa shape index (κ2) is 8.12. The number of hydrogen-bond donors (Lipinski definition) is 1. The fourth-order valence-electron chi connectivity index (χ4n) is 4.38. The van der Waals surface area contributed by atoms with Crippen molar-refractivity contribution in [1.82, 2.24) is 29.6 Å². The van der Waals surface area contributed by atoms with Crippen molar-refractivity contribution in [1.29, 1.82) is 0 Å². The molecule has 4 aromatic rings. The number of likely N-dealkylation sites (tertiary alicyclic amines) is 1. The quantitative estimate of drug-likeness (QED) is 0.516. The molecule has 1 aromatic carbocycles. The van der Waals surface area contributed by atoms with E-state index < -0.39 is 0 Å². The number of piperidine rings is 1. The molecule has 1 atom stereocenters. The topological polar surface area (TPSA) is 80.0 Å². The van der Waals surface area contributed by atoms with Gasteiger partial charge in [-0.25, -0.2) is 14.6 Å². The molecule has 0 amide bonds. The molecule has 1 saturated heterocycles. The maximum absolute atomic E-state index is 10.1. The van der Waals surface area contributed by atoms with Gasteiger partial charge in [0, 0.05) is 48.4 Å². The van der Waals surface area contributed by atoms with E-state index in [0.29, 0.717) is 5.82 Å². The van der Waals surface area contributed by atoms with E-state index >= 15 is 0 Å². The highest BCUT2D eigenvalue weighted by atomic mass is 32.2. The lowest BCUT2D eigenvalue weighted by Gasteiger charge is -2.38. The van der Waals surface area contributed by atoms with Crippen LogP contribution in [0.4, 0.5) is 0 Å². The Bertz CT molecular complexity index is 1240. The zero-order chi connectivity index (χ0) is 21.5. The first kappa shape index (κ1) is 19.6. The number of hydrogen-bond acceptors (Lipinski definition) is 7. The average Bonchev–Trinajstić information content (AvgIpc) is 3.28. The lowest BCUT2D eigenvalue weighted by Crippen LogP contribution is -2.42. The fraction of sp³-hybridized carbons (Fsp3) is 0.250. The molecule has 1 unspecified atom stereocenters. The van der Waals surface area contributed by atoms with Crippen molar-refractivity contribution in [3.05, 3.63) is 72.7 Å². The van der Waals surface area contributed by atoms with Gasteiger partial charge in [-0.2, -0.15) is 0 Å². The minimum absolute atomic E-state index is 0.108. The molecule has 32 heavy (non-hydrogen) atoms. The third kappa shape index (κ3) is 3.50. The van der Waals surface area contributed by atoms with E-state index in [1.165, 1.54) is 0 Å². The average molecular weight is 443 g/mol. The zero-order valence-corrected chi connectivity index (χ0v) is 18.2. The summed E-state index contributed by atoms with van der Waals surface area (Å²) in [6, 6.07) is 16.4. The van der Waals surface area contributed by atoms with E-state index in [1.54, 1.807) is 24.2 Å². The number of fused-ring (bicyclic) bond motifs is 2. The molecule has 0 bridgehead atoms. The van der Waals surface area contributed by atoms with Gasteiger partial charge in [0.15, 0.2) is 11.0 Å². The summed E-state index contributed by atoms with van der Waals surface area (Å²) < 4.78 is 2.02. The molecule has 2 aliphatic heterocycles. The zero-order valence-electron chi connectivity index (χ0n) is 17.4. The third-order valence-corrected chi connectivity index (χ3v) is 7.04. The predicted octanol–water partition coefficient (Wildman–Crippen LogP) is 3.87. The summed E-state index contributed by atoms with van der Waals surface area (Å²) in [5.41, 5.74) is 4.25. The van der Waals surface area contributed by atoms with Crippen LogP contribution in [0.5, 0.6) is 0 Å². The van der Waals surface area contributed by atoms with Crippen LogP contribution >= 0.6 is 11.8 Å². The first-order valence-electron chi connectivity index (χ1n) is 10.8. The lowest BCUT2D eigenvalue weighted by atomic mass is 10.0. The van der Waals surface area contributed by atoms with E-state index in [0.717, 1.165) is 58.4 Å². The second-order valence-electron chi connectivity index (χ2n) is 8.13. The highest BCUT2D eigenvalue weighted by Gasteiger charge is 2.36. The summed E-state index contributed by atoms with van der Waals surface area (Å²) in [7, 11) is 0. The first-order valence-corrected chi connectivity index (χ1v) is 11.6. The molecule has 160 valence electrons. The Hall–Kier alpha value is -3.07. The van der Waals surface area contributed by atoms with Crippen molar-refractivity contribution < 1.29 is 5.11 Å². The van der Waals surface area contributed by atoms with Crippen molar-refractivity contribution in [2.45, 2.75) is 35.3 Å². The molecule has 5 heterocycles. The van der Waals surface area contributed by atoms with Crippen LogP contribution in [0.1, 0.15) is 24.6 Å². The van der Waals surface area contributed by atoms with Crippen LogP contribution in [0.3, 0.4) is 0 Å². The number of aliphatic hydroxyl groups excluding tert-OH is 1. The van der Waals surface area contributed by atoms with Crippen LogP contribution in [0.2, 0.25) is 0 Å². The summed E-state index contributed by atoms with van der Waals surface area (Å²) in [5.74, 6) is 0.665. The number of aromatic nitrogens is 5. The van der Waals surface area contributed by atoms with Crippen LogP contribution in [-0.2, 0) is 0 Å². The monoisotopic (exact) mass is 442 g/mol. The number of rotatable bonds is 3. The molecule has 3 aromatic heterocycles. The molecule has 0 saturated carbocycles. The van der Waals surface area contributed by atoms with Crippen LogP contribution in [0, 0.1) is 0 Å². The van der Waals surface area contributed by atoms with Crippen molar-refractivity contribution in [3.8, 4) is 22.5 Å². The van der Waals surface area contributed by atoms with Crippen LogP contribution in [0.25, 0.3) is 22.5 Å². The molecule has 1 N–H and O–H groups in total. The Morgan fingerprint density at radius 2 is 1.75 bits per heavy atom. The third-order valence-electron chi connectivity index (χ3n) is 6.05. The highest BCUT2D eigenvalue weighted by Crippen LogP contribution is 2.43. The van der Waals surface area contributed by atoms with Crippen molar-refractivity contribution >= 4 is 11.8 Å². The molecular weight excluding hydrogens is 420 g/mol. The minimum atomic E-state index is -0.237. The number of benzene rings is 1.